The highest BCUT2D eigenvalue weighted by molar-refractivity contribution is 5.96. The molecule has 0 saturated heterocycles. The molecule has 1 aromatic carbocycles. The molecule has 0 heterocycles. The fourth-order valence-corrected chi connectivity index (χ4v) is 1.51. The van der Waals surface area contributed by atoms with Crippen LogP contribution in [0.1, 0.15) is 29.3 Å². The van der Waals surface area contributed by atoms with Crippen LogP contribution in [0.3, 0.4) is 0 Å². The standard InChI is InChI=1S/C15H18FN3O2/c1-2-8-18-14(20)10-19-15(21)12-6-5-11(4-3-7-17)9-13(12)16/h5-6,9H,2,7-8,10,17H2,1H3,(H,18,20)(H,19,21). The van der Waals surface area contributed by atoms with Crippen molar-refractivity contribution < 1.29 is 14.0 Å². The van der Waals surface area contributed by atoms with Crippen molar-refractivity contribution >= 4 is 11.8 Å². The van der Waals surface area contributed by atoms with Gasteiger partial charge in [-0.15, -0.1) is 0 Å². The predicted molar refractivity (Wildman–Crippen MR) is 78.0 cm³/mol. The molecule has 2 amide bonds. The van der Waals surface area contributed by atoms with Gasteiger partial charge in [0.2, 0.25) is 5.91 Å². The van der Waals surface area contributed by atoms with Gasteiger partial charge in [-0.05, 0) is 24.6 Å². The SMILES string of the molecule is CCCNC(=O)CNC(=O)c1ccc(C#CCN)cc1F. The Bertz CT molecular complexity index is 576. The van der Waals surface area contributed by atoms with E-state index >= 15 is 0 Å². The molecule has 0 unspecified atom stereocenters. The molecule has 112 valence electrons. The van der Waals surface area contributed by atoms with Crippen molar-refractivity contribution in [1.82, 2.24) is 10.6 Å². The predicted octanol–water partition coefficient (Wildman–Crippen LogP) is 0.392. The van der Waals surface area contributed by atoms with E-state index < -0.39 is 11.7 Å². The zero-order valence-electron chi connectivity index (χ0n) is 11.8. The van der Waals surface area contributed by atoms with Gasteiger partial charge >= 0.3 is 0 Å². The number of amides is 2. The molecule has 1 rings (SSSR count). The summed E-state index contributed by atoms with van der Waals surface area (Å²) in [5.41, 5.74) is 5.54. The maximum atomic E-state index is 13.8. The lowest BCUT2D eigenvalue weighted by Gasteiger charge is -2.07. The summed E-state index contributed by atoms with van der Waals surface area (Å²) in [7, 11) is 0. The smallest absolute Gasteiger partial charge is 0.254 e. The number of rotatable bonds is 5. The molecule has 0 saturated carbocycles. The van der Waals surface area contributed by atoms with Crippen molar-refractivity contribution in [1.29, 1.82) is 0 Å². The molecule has 0 aliphatic carbocycles. The van der Waals surface area contributed by atoms with Gasteiger partial charge in [0.15, 0.2) is 0 Å². The van der Waals surface area contributed by atoms with Crippen LogP contribution in [0.25, 0.3) is 0 Å². The van der Waals surface area contributed by atoms with Crippen LogP contribution in [0.15, 0.2) is 18.2 Å². The third-order valence-corrected chi connectivity index (χ3v) is 2.53. The first-order valence-electron chi connectivity index (χ1n) is 6.61. The van der Waals surface area contributed by atoms with E-state index in [4.69, 9.17) is 5.73 Å². The molecule has 6 heteroatoms. The average Bonchev–Trinajstić information content (AvgIpc) is 2.48. The number of nitrogens with one attached hydrogen (secondary N) is 2. The van der Waals surface area contributed by atoms with Crippen LogP contribution in [0.4, 0.5) is 4.39 Å². The van der Waals surface area contributed by atoms with Crippen molar-refractivity contribution in [3.8, 4) is 11.8 Å². The molecule has 0 bridgehead atoms. The highest BCUT2D eigenvalue weighted by Crippen LogP contribution is 2.09. The zero-order valence-corrected chi connectivity index (χ0v) is 11.8. The van der Waals surface area contributed by atoms with Crippen molar-refractivity contribution in [2.45, 2.75) is 13.3 Å². The molecule has 0 spiro atoms. The summed E-state index contributed by atoms with van der Waals surface area (Å²) in [5, 5.41) is 4.97. The molecule has 0 radical (unpaired) electrons. The molecule has 4 N–H and O–H groups in total. The van der Waals surface area contributed by atoms with Gasteiger partial charge in [0, 0.05) is 12.1 Å². The van der Waals surface area contributed by atoms with E-state index in [9.17, 15) is 14.0 Å². The first-order chi connectivity index (χ1) is 10.1. The fraction of sp³-hybridized carbons (Fsp3) is 0.333. The molecular weight excluding hydrogens is 273 g/mol. The number of hydrogen-bond acceptors (Lipinski definition) is 3. The van der Waals surface area contributed by atoms with E-state index in [1.54, 1.807) is 0 Å². The Balaban J connectivity index is 2.64. The number of nitrogens with two attached hydrogens (primary N) is 1. The number of carbonyl (C=O) groups is 2. The second kappa shape index (κ2) is 8.72. The molecule has 0 atom stereocenters. The number of carbonyl (C=O) groups excluding carboxylic acids is 2. The summed E-state index contributed by atoms with van der Waals surface area (Å²) in [6.45, 7) is 2.45. The fourth-order valence-electron chi connectivity index (χ4n) is 1.51. The van der Waals surface area contributed by atoms with Gasteiger partial charge in [0.05, 0.1) is 18.7 Å². The van der Waals surface area contributed by atoms with Crippen LogP contribution in [0, 0.1) is 17.7 Å². The zero-order chi connectivity index (χ0) is 15.7. The summed E-state index contributed by atoms with van der Waals surface area (Å²) in [4.78, 5) is 23.1. The summed E-state index contributed by atoms with van der Waals surface area (Å²) in [6.07, 6.45) is 0.805. The first kappa shape index (κ1) is 16.7. The minimum absolute atomic E-state index is 0.128. The molecule has 0 aromatic heterocycles. The Kier molecular flexibility index (Phi) is 6.92. The van der Waals surface area contributed by atoms with E-state index in [1.165, 1.54) is 12.1 Å². The van der Waals surface area contributed by atoms with Crippen LogP contribution in [-0.2, 0) is 4.79 Å². The average molecular weight is 291 g/mol. The largest absolute Gasteiger partial charge is 0.355 e. The molecule has 0 fully saturated rings. The Labute approximate surface area is 123 Å². The lowest BCUT2D eigenvalue weighted by Crippen LogP contribution is -2.37. The van der Waals surface area contributed by atoms with Gasteiger partial charge in [0.1, 0.15) is 5.82 Å². The third-order valence-electron chi connectivity index (χ3n) is 2.53. The van der Waals surface area contributed by atoms with Crippen LogP contribution in [0.5, 0.6) is 0 Å². The molecule has 5 nitrogen and oxygen atoms in total. The molecule has 0 aliphatic heterocycles. The van der Waals surface area contributed by atoms with E-state index in [0.29, 0.717) is 12.1 Å². The molecule has 21 heavy (non-hydrogen) atoms. The second-order valence-electron chi connectivity index (χ2n) is 4.23. The minimum atomic E-state index is -0.690. The number of hydrogen-bond donors (Lipinski definition) is 3. The lowest BCUT2D eigenvalue weighted by atomic mass is 10.1. The van der Waals surface area contributed by atoms with Crippen LogP contribution < -0.4 is 16.4 Å². The van der Waals surface area contributed by atoms with Gasteiger partial charge in [0.25, 0.3) is 5.91 Å². The van der Waals surface area contributed by atoms with Gasteiger partial charge in [-0.1, -0.05) is 18.8 Å². The Hall–Kier alpha value is -2.39. The summed E-state index contributed by atoms with van der Waals surface area (Å²) in [6, 6.07) is 4.02. The minimum Gasteiger partial charge on any atom is -0.355 e. The van der Waals surface area contributed by atoms with Crippen molar-refractivity contribution in [2.24, 2.45) is 5.73 Å². The quantitative estimate of drug-likeness (QED) is 0.686. The molecular formula is C15H18FN3O2. The van der Waals surface area contributed by atoms with Gasteiger partial charge < -0.3 is 16.4 Å². The van der Waals surface area contributed by atoms with Crippen molar-refractivity contribution in [2.75, 3.05) is 19.6 Å². The van der Waals surface area contributed by atoms with Crippen molar-refractivity contribution in [3.63, 3.8) is 0 Å². The van der Waals surface area contributed by atoms with Crippen LogP contribution >= 0.6 is 0 Å². The Morgan fingerprint density at radius 1 is 1.33 bits per heavy atom. The normalized spacial score (nSPS) is 9.48. The first-order valence-corrected chi connectivity index (χ1v) is 6.61. The number of halogens is 1. The van der Waals surface area contributed by atoms with Crippen LogP contribution in [0.2, 0.25) is 0 Å². The molecule has 1 aromatic rings. The summed E-state index contributed by atoms with van der Waals surface area (Å²) < 4.78 is 13.8. The highest BCUT2D eigenvalue weighted by atomic mass is 19.1. The Morgan fingerprint density at radius 2 is 2.10 bits per heavy atom. The Morgan fingerprint density at radius 3 is 2.71 bits per heavy atom. The maximum absolute atomic E-state index is 13.8. The maximum Gasteiger partial charge on any atom is 0.254 e. The van der Waals surface area contributed by atoms with E-state index in [0.717, 1.165) is 12.5 Å². The lowest BCUT2D eigenvalue weighted by molar-refractivity contribution is -0.120. The molecule has 0 aliphatic rings. The number of benzene rings is 1. The van der Waals surface area contributed by atoms with E-state index in [1.807, 2.05) is 6.92 Å². The summed E-state index contributed by atoms with van der Waals surface area (Å²) >= 11 is 0. The van der Waals surface area contributed by atoms with Crippen molar-refractivity contribution in [3.05, 3.63) is 35.1 Å². The van der Waals surface area contributed by atoms with Gasteiger partial charge in [-0.25, -0.2) is 4.39 Å². The third kappa shape index (κ3) is 5.63. The highest BCUT2D eigenvalue weighted by Gasteiger charge is 2.12. The van der Waals surface area contributed by atoms with E-state index in [2.05, 4.69) is 22.5 Å². The van der Waals surface area contributed by atoms with Crippen LogP contribution in [-0.4, -0.2) is 31.4 Å². The summed E-state index contributed by atoms with van der Waals surface area (Å²) in [5.74, 6) is 3.63. The monoisotopic (exact) mass is 291 g/mol. The van der Waals surface area contributed by atoms with Gasteiger partial charge in [-0.3, -0.25) is 9.59 Å². The second-order valence-corrected chi connectivity index (χ2v) is 4.23. The topological polar surface area (TPSA) is 84.2 Å². The van der Waals surface area contributed by atoms with E-state index in [-0.39, 0.29) is 24.6 Å². The van der Waals surface area contributed by atoms with Gasteiger partial charge in [-0.2, -0.15) is 0 Å².